The first kappa shape index (κ1) is 12.6. The van der Waals surface area contributed by atoms with Crippen LogP contribution in [0.25, 0.3) is 0 Å². The smallest absolute Gasteiger partial charge is 0.244 e. The van der Waals surface area contributed by atoms with Crippen LogP contribution >= 0.6 is 0 Å². The van der Waals surface area contributed by atoms with Gasteiger partial charge in [0.05, 0.1) is 0 Å². The van der Waals surface area contributed by atoms with Gasteiger partial charge in [-0.3, -0.25) is 5.10 Å². The lowest BCUT2D eigenvalue weighted by Crippen LogP contribution is -2.40. The normalized spacial score (nSPS) is 32.5. The molecular weight excluding hydrogens is 250 g/mol. The SMILES string of the molecule is CC1(c2nc(N3CC4CCCNC4C3)n[nH]2)CCCC1. The fraction of sp³-hybridized carbons (Fsp3) is 0.867. The van der Waals surface area contributed by atoms with E-state index in [0.717, 1.165) is 30.8 Å². The molecule has 0 amide bonds. The first-order valence-electron chi connectivity index (χ1n) is 8.16. The van der Waals surface area contributed by atoms with Gasteiger partial charge in [0, 0.05) is 24.5 Å². The fourth-order valence-electron chi connectivity index (χ4n) is 4.27. The van der Waals surface area contributed by atoms with E-state index in [9.17, 15) is 0 Å². The molecule has 3 heterocycles. The van der Waals surface area contributed by atoms with E-state index < -0.39 is 0 Å². The molecule has 2 saturated heterocycles. The van der Waals surface area contributed by atoms with Crippen molar-refractivity contribution < 1.29 is 0 Å². The van der Waals surface area contributed by atoms with Crippen LogP contribution in [0.2, 0.25) is 0 Å². The van der Waals surface area contributed by atoms with Crippen molar-refractivity contribution >= 4 is 5.95 Å². The quantitative estimate of drug-likeness (QED) is 0.864. The highest BCUT2D eigenvalue weighted by Gasteiger charge is 2.38. The number of nitrogens with one attached hydrogen (secondary N) is 2. The lowest BCUT2D eigenvalue weighted by Gasteiger charge is -2.24. The maximum Gasteiger partial charge on any atom is 0.244 e. The zero-order chi connectivity index (χ0) is 13.6. The standard InChI is InChI=1S/C15H25N5/c1-15(6-2-3-7-15)13-17-14(19-18-13)20-9-11-5-4-8-16-12(11)10-20/h11-12,16H,2-10H2,1H3,(H,17,18,19). The summed E-state index contributed by atoms with van der Waals surface area (Å²) in [4.78, 5) is 7.20. The number of H-pyrrole nitrogens is 1. The first-order valence-corrected chi connectivity index (χ1v) is 8.16. The Labute approximate surface area is 120 Å². The van der Waals surface area contributed by atoms with Gasteiger partial charge in [-0.2, -0.15) is 4.98 Å². The largest absolute Gasteiger partial charge is 0.338 e. The van der Waals surface area contributed by atoms with E-state index in [1.807, 2.05) is 0 Å². The Balaban J connectivity index is 1.51. The molecule has 0 spiro atoms. The Morgan fingerprint density at radius 1 is 1.20 bits per heavy atom. The molecule has 3 fully saturated rings. The van der Waals surface area contributed by atoms with Crippen LogP contribution in [0.1, 0.15) is 51.3 Å². The van der Waals surface area contributed by atoms with Gasteiger partial charge in [0.15, 0.2) is 0 Å². The molecule has 2 unspecified atom stereocenters. The van der Waals surface area contributed by atoms with Crippen molar-refractivity contribution in [3.05, 3.63) is 5.82 Å². The van der Waals surface area contributed by atoms with E-state index in [4.69, 9.17) is 4.98 Å². The maximum atomic E-state index is 4.84. The summed E-state index contributed by atoms with van der Waals surface area (Å²) in [7, 11) is 0. The molecule has 1 aromatic heterocycles. The number of rotatable bonds is 2. The van der Waals surface area contributed by atoms with Gasteiger partial charge in [0.2, 0.25) is 5.95 Å². The molecule has 1 aliphatic carbocycles. The summed E-state index contributed by atoms with van der Waals surface area (Å²) in [6, 6.07) is 0.646. The molecule has 1 saturated carbocycles. The third kappa shape index (κ3) is 2.03. The predicted molar refractivity (Wildman–Crippen MR) is 78.9 cm³/mol. The van der Waals surface area contributed by atoms with Gasteiger partial charge in [-0.25, -0.2) is 0 Å². The number of piperidine rings is 1. The molecule has 2 aliphatic heterocycles. The topological polar surface area (TPSA) is 56.8 Å². The van der Waals surface area contributed by atoms with Crippen molar-refractivity contribution in [3.8, 4) is 0 Å². The molecule has 0 aromatic carbocycles. The van der Waals surface area contributed by atoms with Crippen molar-refractivity contribution in [2.75, 3.05) is 24.5 Å². The number of nitrogens with zero attached hydrogens (tertiary/aromatic N) is 3. The number of aromatic amines is 1. The zero-order valence-electron chi connectivity index (χ0n) is 12.4. The van der Waals surface area contributed by atoms with Crippen molar-refractivity contribution in [2.24, 2.45) is 5.92 Å². The van der Waals surface area contributed by atoms with Gasteiger partial charge in [0.25, 0.3) is 0 Å². The Bertz CT molecular complexity index is 462. The third-order valence-electron chi connectivity index (χ3n) is 5.63. The lowest BCUT2D eigenvalue weighted by atomic mass is 9.88. The van der Waals surface area contributed by atoms with Crippen molar-refractivity contribution in [2.45, 2.75) is 56.9 Å². The average Bonchev–Trinajstić information content (AvgIpc) is 3.17. The van der Waals surface area contributed by atoms with Crippen molar-refractivity contribution in [3.63, 3.8) is 0 Å². The van der Waals surface area contributed by atoms with Gasteiger partial charge in [0.1, 0.15) is 5.82 Å². The summed E-state index contributed by atoms with van der Waals surface area (Å²) in [6.07, 6.45) is 7.80. The van der Waals surface area contributed by atoms with E-state index in [1.54, 1.807) is 0 Å². The highest BCUT2D eigenvalue weighted by atomic mass is 15.4. The highest BCUT2D eigenvalue weighted by molar-refractivity contribution is 5.33. The second-order valence-electron chi connectivity index (χ2n) is 7.12. The molecule has 1 aromatic rings. The van der Waals surface area contributed by atoms with Gasteiger partial charge in [-0.1, -0.05) is 19.8 Å². The van der Waals surface area contributed by atoms with E-state index in [2.05, 4.69) is 27.3 Å². The van der Waals surface area contributed by atoms with Gasteiger partial charge < -0.3 is 10.2 Å². The monoisotopic (exact) mass is 275 g/mol. The number of fused-ring (bicyclic) bond motifs is 1. The van der Waals surface area contributed by atoms with Gasteiger partial charge in [-0.05, 0) is 38.1 Å². The molecular formula is C15H25N5. The summed E-state index contributed by atoms with van der Waals surface area (Å²) < 4.78 is 0. The Kier molecular flexibility index (Phi) is 2.98. The van der Waals surface area contributed by atoms with Crippen LogP contribution in [0.5, 0.6) is 0 Å². The predicted octanol–water partition coefficient (Wildman–Crippen LogP) is 1.82. The van der Waals surface area contributed by atoms with Crippen molar-refractivity contribution in [1.29, 1.82) is 0 Å². The molecule has 2 atom stereocenters. The highest BCUT2D eigenvalue weighted by Crippen LogP contribution is 2.39. The molecule has 3 aliphatic rings. The van der Waals surface area contributed by atoms with E-state index >= 15 is 0 Å². The molecule has 0 bridgehead atoms. The lowest BCUT2D eigenvalue weighted by molar-refractivity contribution is 0.340. The minimum Gasteiger partial charge on any atom is -0.338 e. The second-order valence-corrected chi connectivity index (χ2v) is 7.12. The van der Waals surface area contributed by atoms with Crippen LogP contribution in [0, 0.1) is 5.92 Å². The first-order chi connectivity index (χ1) is 9.74. The minimum atomic E-state index is 0.232. The molecule has 2 N–H and O–H groups in total. The molecule has 0 radical (unpaired) electrons. The number of aromatic nitrogens is 3. The Morgan fingerprint density at radius 2 is 2.05 bits per heavy atom. The summed E-state index contributed by atoms with van der Waals surface area (Å²) >= 11 is 0. The van der Waals surface area contributed by atoms with E-state index in [0.29, 0.717) is 6.04 Å². The molecule has 110 valence electrons. The summed E-state index contributed by atoms with van der Waals surface area (Å²) in [5.74, 6) is 2.81. The van der Waals surface area contributed by atoms with Gasteiger partial charge >= 0.3 is 0 Å². The Hall–Kier alpha value is -1.10. The molecule has 5 heteroatoms. The third-order valence-corrected chi connectivity index (χ3v) is 5.63. The van der Waals surface area contributed by atoms with Crippen LogP contribution in [-0.2, 0) is 5.41 Å². The number of hydrogen-bond donors (Lipinski definition) is 2. The van der Waals surface area contributed by atoms with Gasteiger partial charge in [-0.15, -0.1) is 5.10 Å². The summed E-state index contributed by atoms with van der Waals surface area (Å²) in [6.45, 7) is 5.69. The number of hydrogen-bond acceptors (Lipinski definition) is 4. The molecule has 4 rings (SSSR count). The summed E-state index contributed by atoms with van der Waals surface area (Å²) in [5.41, 5.74) is 0.232. The Morgan fingerprint density at radius 3 is 2.85 bits per heavy atom. The average molecular weight is 275 g/mol. The van der Waals surface area contributed by atoms with E-state index in [-0.39, 0.29) is 5.41 Å². The molecule has 20 heavy (non-hydrogen) atoms. The zero-order valence-corrected chi connectivity index (χ0v) is 12.4. The summed E-state index contributed by atoms with van der Waals surface area (Å²) in [5, 5.41) is 11.4. The molecule has 5 nitrogen and oxygen atoms in total. The number of anilines is 1. The van der Waals surface area contributed by atoms with Crippen LogP contribution in [-0.4, -0.2) is 40.9 Å². The van der Waals surface area contributed by atoms with Crippen LogP contribution in [0.3, 0.4) is 0 Å². The minimum absolute atomic E-state index is 0.232. The fourth-order valence-corrected chi connectivity index (χ4v) is 4.27. The van der Waals surface area contributed by atoms with Crippen LogP contribution in [0.15, 0.2) is 0 Å². The van der Waals surface area contributed by atoms with Crippen molar-refractivity contribution in [1.82, 2.24) is 20.5 Å². The maximum absolute atomic E-state index is 4.84. The second kappa shape index (κ2) is 4.72. The van der Waals surface area contributed by atoms with Crippen LogP contribution < -0.4 is 10.2 Å². The van der Waals surface area contributed by atoms with E-state index in [1.165, 1.54) is 45.1 Å². The van der Waals surface area contributed by atoms with Crippen LogP contribution in [0.4, 0.5) is 5.95 Å².